The molecule has 2 N–H and O–H groups in total. The Balaban J connectivity index is 1.96. The SMILES string of the molecule is CCn1cnnc1CN1C(=O)c2cccc(N)c2C1=O. The summed E-state index contributed by atoms with van der Waals surface area (Å²) < 4.78 is 1.78. The third-order valence-electron chi connectivity index (χ3n) is 3.37. The molecule has 0 bridgehead atoms. The summed E-state index contributed by atoms with van der Waals surface area (Å²) in [4.78, 5) is 25.7. The number of benzene rings is 1. The summed E-state index contributed by atoms with van der Waals surface area (Å²) in [5.74, 6) is -0.155. The van der Waals surface area contributed by atoms with Gasteiger partial charge in [-0.25, -0.2) is 0 Å². The molecule has 1 aromatic carbocycles. The third-order valence-corrected chi connectivity index (χ3v) is 3.37. The highest BCUT2D eigenvalue weighted by molar-refractivity contribution is 6.23. The van der Waals surface area contributed by atoms with Gasteiger partial charge in [-0.1, -0.05) is 6.07 Å². The number of imide groups is 1. The highest BCUT2D eigenvalue weighted by atomic mass is 16.2. The number of anilines is 1. The minimum absolute atomic E-state index is 0.0969. The maximum atomic E-state index is 12.3. The number of hydrogen-bond donors (Lipinski definition) is 1. The quantitative estimate of drug-likeness (QED) is 0.654. The maximum absolute atomic E-state index is 12.3. The van der Waals surface area contributed by atoms with Crippen LogP contribution in [0.3, 0.4) is 0 Å². The molecule has 0 saturated carbocycles. The minimum atomic E-state index is -0.381. The topological polar surface area (TPSA) is 94.1 Å². The van der Waals surface area contributed by atoms with E-state index in [1.165, 1.54) is 0 Å². The molecule has 2 aromatic rings. The molecule has 2 heterocycles. The Morgan fingerprint density at radius 2 is 2.05 bits per heavy atom. The first kappa shape index (κ1) is 12.3. The molecule has 0 fully saturated rings. The molecule has 0 atom stereocenters. The van der Waals surface area contributed by atoms with E-state index in [1.807, 2.05) is 6.92 Å². The molecule has 0 saturated heterocycles. The Hall–Kier alpha value is -2.70. The smallest absolute Gasteiger partial charge is 0.264 e. The summed E-state index contributed by atoms with van der Waals surface area (Å²) in [7, 11) is 0. The van der Waals surface area contributed by atoms with Gasteiger partial charge in [0.2, 0.25) is 0 Å². The van der Waals surface area contributed by atoms with Gasteiger partial charge in [0.1, 0.15) is 6.33 Å². The number of amides is 2. The fraction of sp³-hybridized carbons (Fsp3) is 0.231. The molecule has 102 valence electrons. The van der Waals surface area contributed by atoms with E-state index in [2.05, 4.69) is 10.2 Å². The van der Waals surface area contributed by atoms with E-state index in [-0.39, 0.29) is 23.9 Å². The van der Waals surface area contributed by atoms with Gasteiger partial charge in [-0.15, -0.1) is 10.2 Å². The van der Waals surface area contributed by atoms with Crippen LogP contribution >= 0.6 is 0 Å². The maximum Gasteiger partial charge on any atom is 0.264 e. The van der Waals surface area contributed by atoms with E-state index < -0.39 is 0 Å². The van der Waals surface area contributed by atoms with Crippen LogP contribution in [0.25, 0.3) is 0 Å². The molecule has 1 aliphatic rings. The fourth-order valence-electron chi connectivity index (χ4n) is 2.31. The van der Waals surface area contributed by atoms with Crippen molar-refractivity contribution in [2.75, 3.05) is 5.73 Å². The van der Waals surface area contributed by atoms with Gasteiger partial charge in [0.15, 0.2) is 5.82 Å². The molecule has 0 unspecified atom stereocenters. The van der Waals surface area contributed by atoms with Crippen LogP contribution in [0.15, 0.2) is 24.5 Å². The molecular weight excluding hydrogens is 258 g/mol. The van der Waals surface area contributed by atoms with Gasteiger partial charge in [-0.05, 0) is 19.1 Å². The van der Waals surface area contributed by atoms with E-state index in [1.54, 1.807) is 29.1 Å². The minimum Gasteiger partial charge on any atom is -0.398 e. The van der Waals surface area contributed by atoms with Crippen molar-refractivity contribution in [3.8, 4) is 0 Å². The molecular formula is C13H13N5O2. The van der Waals surface area contributed by atoms with Crippen molar-refractivity contribution in [3.63, 3.8) is 0 Å². The predicted molar refractivity (Wildman–Crippen MR) is 70.8 cm³/mol. The van der Waals surface area contributed by atoms with Crippen molar-refractivity contribution in [1.29, 1.82) is 0 Å². The zero-order chi connectivity index (χ0) is 14.3. The average Bonchev–Trinajstić information content (AvgIpc) is 2.98. The highest BCUT2D eigenvalue weighted by Gasteiger charge is 2.37. The third kappa shape index (κ3) is 1.67. The molecule has 1 aromatic heterocycles. The normalized spacial score (nSPS) is 13.9. The monoisotopic (exact) mass is 271 g/mol. The van der Waals surface area contributed by atoms with Crippen LogP contribution in [0.4, 0.5) is 5.69 Å². The van der Waals surface area contributed by atoms with Gasteiger partial charge in [0.05, 0.1) is 17.7 Å². The number of rotatable bonds is 3. The van der Waals surface area contributed by atoms with Gasteiger partial charge in [-0.2, -0.15) is 0 Å². The zero-order valence-corrected chi connectivity index (χ0v) is 10.9. The van der Waals surface area contributed by atoms with Crippen LogP contribution in [0.5, 0.6) is 0 Å². The zero-order valence-electron chi connectivity index (χ0n) is 10.9. The summed E-state index contributed by atoms with van der Waals surface area (Å²) in [6.07, 6.45) is 1.57. The highest BCUT2D eigenvalue weighted by Crippen LogP contribution is 2.28. The lowest BCUT2D eigenvalue weighted by Gasteiger charge is -2.13. The van der Waals surface area contributed by atoms with E-state index in [0.29, 0.717) is 23.6 Å². The van der Waals surface area contributed by atoms with Gasteiger partial charge in [0.25, 0.3) is 11.8 Å². The summed E-state index contributed by atoms with van der Waals surface area (Å²) in [5.41, 5.74) is 6.73. The molecule has 0 spiro atoms. The average molecular weight is 271 g/mol. The summed E-state index contributed by atoms with van der Waals surface area (Å²) in [5, 5.41) is 7.73. The number of aromatic nitrogens is 3. The van der Waals surface area contributed by atoms with Gasteiger partial charge in [-0.3, -0.25) is 14.5 Å². The van der Waals surface area contributed by atoms with Crippen LogP contribution in [-0.2, 0) is 13.1 Å². The van der Waals surface area contributed by atoms with Crippen molar-refractivity contribution in [2.45, 2.75) is 20.0 Å². The largest absolute Gasteiger partial charge is 0.398 e. The molecule has 3 rings (SSSR count). The second kappa shape index (κ2) is 4.44. The molecule has 1 aliphatic heterocycles. The number of aryl methyl sites for hydroxylation is 1. The van der Waals surface area contributed by atoms with Crippen molar-refractivity contribution >= 4 is 17.5 Å². The molecule has 2 amide bonds. The second-order valence-corrected chi connectivity index (χ2v) is 4.50. The van der Waals surface area contributed by atoms with Gasteiger partial charge >= 0.3 is 0 Å². The van der Waals surface area contributed by atoms with Gasteiger partial charge < -0.3 is 10.3 Å². The first-order valence-electron chi connectivity index (χ1n) is 6.24. The number of hydrogen-bond acceptors (Lipinski definition) is 5. The Morgan fingerprint density at radius 1 is 1.25 bits per heavy atom. The van der Waals surface area contributed by atoms with E-state index >= 15 is 0 Å². The van der Waals surface area contributed by atoms with E-state index in [9.17, 15) is 9.59 Å². The molecule has 0 radical (unpaired) electrons. The standard InChI is InChI=1S/C13H13N5O2/c1-2-17-7-15-16-10(17)6-18-12(19)8-4-3-5-9(14)11(8)13(18)20/h3-5,7H,2,6,14H2,1H3. The summed E-state index contributed by atoms with van der Waals surface area (Å²) >= 11 is 0. The van der Waals surface area contributed by atoms with Crippen LogP contribution in [-0.4, -0.2) is 31.5 Å². The number of carbonyl (C=O) groups is 2. The van der Waals surface area contributed by atoms with Crippen LogP contribution in [0.1, 0.15) is 33.5 Å². The van der Waals surface area contributed by atoms with Crippen molar-refractivity contribution in [1.82, 2.24) is 19.7 Å². The number of carbonyl (C=O) groups excluding carboxylic acids is 2. The first-order chi connectivity index (χ1) is 9.63. The lowest BCUT2D eigenvalue weighted by atomic mass is 10.1. The van der Waals surface area contributed by atoms with Crippen molar-refractivity contribution in [2.24, 2.45) is 0 Å². The number of nitrogen functional groups attached to an aromatic ring is 1. The lowest BCUT2D eigenvalue weighted by molar-refractivity contribution is 0.0637. The molecule has 20 heavy (non-hydrogen) atoms. The molecule has 0 aliphatic carbocycles. The first-order valence-corrected chi connectivity index (χ1v) is 6.24. The summed E-state index contributed by atoms with van der Waals surface area (Å²) in [6.45, 7) is 2.71. The lowest BCUT2D eigenvalue weighted by Crippen LogP contribution is -2.30. The van der Waals surface area contributed by atoms with Gasteiger partial charge in [0, 0.05) is 12.2 Å². The van der Waals surface area contributed by atoms with Crippen LogP contribution < -0.4 is 5.73 Å². The van der Waals surface area contributed by atoms with E-state index in [0.717, 1.165) is 4.90 Å². The van der Waals surface area contributed by atoms with Crippen molar-refractivity contribution in [3.05, 3.63) is 41.5 Å². The molecule has 7 nitrogen and oxygen atoms in total. The number of nitrogens with two attached hydrogens (primary N) is 1. The fourth-order valence-corrected chi connectivity index (χ4v) is 2.31. The number of nitrogens with zero attached hydrogens (tertiary/aromatic N) is 4. The predicted octanol–water partition coefficient (Wildman–Crippen LogP) is 0.676. The van der Waals surface area contributed by atoms with Crippen LogP contribution in [0.2, 0.25) is 0 Å². The second-order valence-electron chi connectivity index (χ2n) is 4.50. The summed E-state index contributed by atoms with van der Waals surface area (Å²) in [6, 6.07) is 4.88. The Kier molecular flexibility index (Phi) is 2.74. The van der Waals surface area contributed by atoms with Crippen LogP contribution in [0, 0.1) is 0 Å². The van der Waals surface area contributed by atoms with E-state index in [4.69, 9.17) is 5.73 Å². The Labute approximate surface area is 115 Å². The molecule has 7 heteroatoms. The number of fused-ring (bicyclic) bond motifs is 1. The Morgan fingerprint density at radius 3 is 2.75 bits per heavy atom. The Bertz CT molecular complexity index is 707. The van der Waals surface area contributed by atoms with Crippen molar-refractivity contribution < 1.29 is 9.59 Å².